The monoisotopic (exact) mass is 255 g/mol. The average Bonchev–Trinajstić information content (AvgIpc) is 2.84. The minimum Gasteiger partial charge on any atom is -0.353 e. The first-order chi connectivity index (χ1) is 8.65. The molecule has 0 spiro atoms. The van der Waals surface area contributed by atoms with Crippen LogP contribution in [0.4, 0.5) is 0 Å². The first-order valence-electron chi connectivity index (χ1n) is 6.90. The van der Waals surface area contributed by atoms with E-state index in [1.165, 1.54) is 6.92 Å². The molecule has 3 N–H and O–H groups in total. The van der Waals surface area contributed by atoms with Gasteiger partial charge in [-0.1, -0.05) is 19.8 Å². The third-order valence-electron chi connectivity index (χ3n) is 3.36. The molecule has 1 aliphatic carbocycles. The van der Waals surface area contributed by atoms with Crippen molar-refractivity contribution in [1.82, 2.24) is 16.0 Å². The number of hydrogen-bond donors (Lipinski definition) is 3. The highest BCUT2D eigenvalue weighted by atomic mass is 16.2. The normalized spacial score (nSPS) is 17.4. The van der Waals surface area contributed by atoms with Crippen molar-refractivity contribution in [2.45, 2.75) is 45.6 Å². The molecule has 1 fully saturated rings. The molecule has 2 amide bonds. The molecule has 0 saturated heterocycles. The van der Waals surface area contributed by atoms with Crippen LogP contribution in [0.5, 0.6) is 0 Å². The van der Waals surface area contributed by atoms with E-state index in [2.05, 4.69) is 16.0 Å². The van der Waals surface area contributed by atoms with E-state index in [4.69, 9.17) is 0 Å². The maximum Gasteiger partial charge on any atom is 0.242 e. The largest absolute Gasteiger partial charge is 0.353 e. The lowest BCUT2D eigenvalue weighted by atomic mass is 9.97. The molecular formula is C13H25N3O2. The average molecular weight is 255 g/mol. The molecule has 5 nitrogen and oxygen atoms in total. The molecular weight excluding hydrogens is 230 g/mol. The van der Waals surface area contributed by atoms with Crippen LogP contribution in [0.25, 0.3) is 0 Å². The fourth-order valence-electron chi connectivity index (χ4n) is 2.47. The Balaban J connectivity index is 2.42. The van der Waals surface area contributed by atoms with Crippen LogP contribution in [0.3, 0.4) is 0 Å². The van der Waals surface area contributed by atoms with Gasteiger partial charge in [-0.2, -0.15) is 0 Å². The fourth-order valence-corrected chi connectivity index (χ4v) is 2.47. The molecule has 18 heavy (non-hydrogen) atoms. The summed E-state index contributed by atoms with van der Waals surface area (Å²) in [6, 6.07) is -0.355. The standard InChI is InChI=1S/C13H25N3O2/c1-3-14-8-9-15-13(18)12(16-10(2)17)11-6-4-5-7-11/h11-12,14H,3-9H2,1-2H3,(H,15,18)(H,16,17). The number of amides is 2. The van der Waals surface area contributed by atoms with Crippen molar-refractivity contribution in [2.75, 3.05) is 19.6 Å². The summed E-state index contributed by atoms with van der Waals surface area (Å²) in [4.78, 5) is 23.3. The van der Waals surface area contributed by atoms with Crippen LogP contribution in [0.15, 0.2) is 0 Å². The summed E-state index contributed by atoms with van der Waals surface area (Å²) in [5.41, 5.74) is 0. The molecule has 0 aromatic carbocycles. The van der Waals surface area contributed by atoms with Gasteiger partial charge in [0.15, 0.2) is 0 Å². The number of carbonyl (C=O) groups is 2. The van der Waals surface area contributed by atoms with E-state index < -0.39 is 0 Å². The van der Waals surface area contributed by atoms with Crippen LogP contribution in [0, 0.1) is 5.92 Å². The Kier molecular flexibility index (Phi) is 6.72. The van der Waals surface area contributed by atoms with E-state index in [1.807, 2.05) is 6.92 Å². The molecule has 0 aromatic rings. The van der Waals surface area contributed by atoms with Gasteiger partial charge in [0.05, 0.1) is 0 Å². The Bertz CT molecular complexity index is 275. The zero-order valence-corrected chi connectivity index (χ0v) is 11.4. The van der Waals surface area contributed by atoms with Crippen LogP contribution in [0.1, 0.15) is 39.5 Å². The van der Waals surface area contributed by atoms with Gasteiger partial charge in [0, 0.05) is 20.0 Å². The third-order valence-corrected chi connectivity index (χ3v) is 3.36. The Morgan fingerprint density at radius 1 is 1.22 bits per heavy atom. The molecule has 1 saturated carbocycles. The summed E-state index contributed by atoms with van der Waals surface area (Å²) in [6.45, 7) is 5.76. The first-order valence-corrected chi connectivity index (χ1v) is 6.90. The second kappa shape index (κ2) is 8.08. The Labute approximate surface area is 109 Å². The first kappa shape index (κ1) is 15.0. The van der Waals surface area contributed by atoms with Crippen LogP contribution in [0.2, 0.25) is 0 Å². The lowest BCUT2D eigenvalue weighted by Gasteiger charge is -2.23. The minimum absolute atomic E-state index is 0.0463. The maximum atomic E-state index is 12.1. The van der Waals surface area contributed by atoms with E-state index in [9.17, 15) is 9.59 Å². The molecule has 1 aliphatic rings. The molecule has 0 radical (unpaired) electrons. The zero-order valence-electron chi connectivity index (χ0n) is 11.4. The van der Waals surface area contributed by atoms with Crippen molar-refractivity contribution in [2.24, 2.45) is 5.92 Å². The molecule has 5 heteroatoms. The summed E-state index contributed by atoms with van der Waals surface area (Å²) >= 11 is 0. The summed E-state index contributed by atoms with van der Waals surface area (Å²) in [6.07, 6.45) is 4.38. The van der Waals surface area contributed by atoms with Crippen LogP contribution in [-0.2, 0) is 9.59 Å². The number of carbonyl (C=O) groups excluding carboxylic acids is 2. The summed E-state index contributed by atoms with van der Waals surface area (Å²) in [7, 11) is 0. The molecule has 0 bridgehead atoms. The molecule has 0 aliphatic heterocycles. The van der Waals surface area contributed by atoms with Gasteiger partial charge >= 0.3 is 0 Å². The topological polar surface area (TPSA) is 70.2 Å². The van der Waals surface area contributed by atoms with E-state index in [0.717, 1.165) is 38.8 Å². The fraction of sp³-hybridized carbons (Fsp3) is 0.846. The summed E-state index contributed by atoms with van der Waals surface area (Å²) in [5.74, 6) is 0.122. The lowest BCUT2D eigenvalue weighted by molar-refractivity contribution is -0.129. The Hall–Kier alpha value is -1.10. The van der Waals surface area contributed by atoms with Crippen molar-refractivity contribution in [3.63, 3.8) is 0 Å². The lowest BCUT2D eigenvalue weighted by Crippen LogP contribution is -2.50. The molecule has 104 valence electrons. The van der Waals surface area contributed by atoms with Crippen molar-refractivity contribution in [3.8, 4) is 0 Å². The van der Waals surface area contributed by atoms with E-state index >= 15 is 0 Å². The van der Waals surface area contributed by atoms with E-state index in [1.54, 1.807) is 0 Å². The SMILES string of the molecule is CCNCCNC(=O)C(NC(C)=O)C1CCCC1. The third kappa shape index (κ3) is 5.04. The highest BCUT2D eigenvalue weighted by Gasteiger charge is 2.30. The number of likely N-dealkylation sites (N-methyl/N-ethyl adjacent to an activating group) is 1. The van der Waals surface area contributed by atoms with Gasteiger partial charge in [0.25, 0.3) is 0 Å². The molecule has 0 heterocycles. The summed E-state index contributed by atoms with van der Waals surface area (Å²) < 4.78 is 0. The molecule has 1 unspecified atom stereocenters. The maximum absolute atomic E-state index is 12.1. The van der Waals surface area contributed by atoms with Crippen LogP contribution >= 0.6 is 0 Å². The second-order valence-electron chi connectivity index (χ2n) is 4.87. The zero-order chi connectivity index (χ0) is 13.4. The Morgan fingerprint density at radius 3 is 2.44 bits per heavy atom. The van der Waals surface area contributed by atoms with Crippen LogP contribution in [-0.4, -0.2) is 37.5 Å². The Morgan fingerprint density at radius 2 is 1.89 bits per heavy atom. The summed E-state index contributed by atoms with van der Waals surface area (Å²) in [5, 5.41) is 8.83. The van der Waals surface area contributed by atoms with Crippen molar-refractivity contribution in [3.05, 3.63) is 0 Å². The highest BCUT2D eigenvalue weighted by molar-refractivity contribution is 5.87. The molecule has 1 rings (SSSR count). The van der Waals surface area contributed by atoms with Gasteiger partial charge in [0.2, 0.25) is 11.8 Å². The minimum atomic E-state index is -0.355. The van der Waals surface area contributed by atoms with Crippen molar-refractivity contribution < 1.29 is 9.59 Å². The predicted molar refractivity (Wildman–Crippen MR) is 71.1 cm³/mol. The quantitative estimate of drug-likeness (QED) is 0.577. The van der Waals surface area contributed by atoms with Gasteiger partial charge in [-0.05, 0) is 25.3 Å². The predicted octanol–water partition coefficient (Wildman–Crippen LogP) is 0.407. The second-order valence-corrected chi connectivity index (χ2v) is 4.87. The number of nitrogens with one attached hydrogen (secondary N) is 3. The number of hydrogen-bond acceptors (Lipinski definition) is 3. The van der Waals surface area contributed by atoms with Crippen LogP contribution < -0.4 is 16.0 Å². The van der Waals surface area contributed by atoms with Gasteiger partial charge in [-0.15, -0.1) is 0 Å². The molecule has 1 atom stereocenters. The van der Waals surface area contributed by atoms with E-state index in [0.29, 0.717) is 12.5 Å². The highest BCUT2D eigenvalue weighted by Crippen LogP contribution is 2.27. The smallest absolute Gasteiger partial charge is 0.242 e. The number of rotatable bonds is 7. The van der Waals surface area contributed by atoms with Gasteiger partial charge in [-0.25, -0.2) is 0 Å². The van der Waals surface area contributed by atoms with E-state index in [-0.39, 0.29) is 17.9 Å². The molecule has 0 aromatic heterocycles. The van der Waals surface area contributed by atoms with Gasteiger partial charge < -0.3 is 16.0 Å². The van der Waals surface area contributed by atoms with Crippen molar-refractivity contribution >= 4 is 11.8 Å². The van der Waals surface area contributed by atoms with Gasteiger partial charge in [-0.3, -0.25) is 9.59 Å². The van der Waals surface area contributed by atoms with Gasteiger partial charge in [0.1, 0.15) is 6.04 Å². The van der Waals surface area contributed by atoms with Crippen molar-refractivity contribution in [1.29, 1.82) is 0 Å².